The molecular weight excluding hydrogens is 228 g/mol. The van der Waals surface area contributed by atoms with E-state index in [0.717, 1.165) is 5.69 Å². The largest absolute Gasteiger partial charge is 0.359 e. The van der Waals surface area contributed by atoms with Crippen molar-refractivity contribution in [3.05, 3.63) is 23.8 Å². The summed E-state index contributed by atoms with van der Waals surface area (Å²) in [6.07, 6.45) is 0. The zero-order chi connectivity index (χ0) is 13.3. The Bertz CT molecular complexity index is 525. The fraction of sp³-hybridized carbons (Fsp3) is 0.385. The second-order valence-electron chi connectivity index (χ2n) is 5.24. The van der Waals surface area contributed by atoms with Crippen molar-refractivity contribution in [1.82, 2.24) is 0 Å². The van der Waals surface area contributed by atoms with E-state index in [1.165, 1.54) is 0 Å². The number of nitrogens with two attached hydrogens (primary N) is 1. The summed E-state index contributed by atoms with van der Waals surface area (Å²) in [4.78, 5) is 13.6. The standard InChI is InChI=1S/C13H16N4O/c1-13(2,15)8-17-7-12(18)16-10-5-9(6-14)3-4-11(10)17/h3-5H,7-8,15H2,1-2H3,(H,16,18). The number of anilines is 2. The van der Waals surface area contributed by atoms with Crippen LogP contribution in [0.1, 0.15) is 19.4 Å². The third-order valence-corrected chi connectivity index (χ3v) is 2.67. The molecule has 5 heteroatoms. The van der Waals surface area contributed by atoms with Gasteiger partial charge < -0.3 is 16.0 Å². The van der Waals surface area contributed by atoms with E-state index in [4.69, 9.17) is 11.0 Å². The third kappa shape index (κ3) is 2.60. The van der Waals surface area contributed by atoms with E-state index in [-0.39, 0.29) is 11.4 Å². The van der Waals surface area contributed by atoms with Gasteiger partial charge in [-0.25, -0.2) is 0 Å². The van der Waals surface area contributed by atoms with Crippen LogP contribution in [0.15, 0.2) is 18.2 Å². The van der Waals surface area contributed by atoms with Crippen molar-refractivity contribution in [3.8, 4) is 6.07 Å². The molecule has 3 N–H and O–H groups in total. The summed E-state index contributed by atoms with van der Waals surface area (Å²) in [5, 5.41) is 11.6. The quantitative estimate of drug-likeness (QED) is 0.814. The van der Waals surface area contributed by atoms with Crippen LogP contribution in [-0.2, 0) is 4.79 Å². The van der Waals surface area contributed by atoms with Gasteiger partial charge in [-0.3, -0.25) is 4.79 Å². The minimum absolute atomic E-state index is 0.0816. The molecule has 0 unspecified atom stereocenters. The molecule has 0 saturated heterocycles. The molecule has 0 saturated carbocycles. The van der Waals surface area contributed by atoms with E-state index < -0.39 is 0 Å². The zero-order valence-electron chi connectivity index (χ0n) is 10.5. The maximum atomic E-state index is 11.6. The van der Waals surface area contributed by atoms with Gasteiger partial charge >= 0.3 is 0 Å². The maximum absolute atomic E-state index is 11.6. The number of hydrogen-bond acceptors (Lipinski definition) is 4. The molecule has 1 heterocycles. The lowest BCUT2D eigenvalue weighted by molar-refractivity contribution is -0.115. The summed E-state index contributed by atoms with van der Waals surface area (Å²) in [5.74, 6) is -0.0816. The molecule has 1 aliphatic heterocycles. The first-order valence-corrected chi connectivity index (χ1v) is 5.77. The second kappa shape index (κ2) is 4.31. The van der Waals surface area contributed by atoms with Gasteiger partial charge in [-0.1, -0.05) is 0 Å². The number of nitrogens with zero attached hydrogens (tertiary/aromatic N) is 2. The molecule has 2 rings (SSSR count). The lowest BCUT2D eigenvalue weighted by Gasteiger charge is -2.35. The summed E-state index contributed by atoms with van der Waals surface area (Å²) in [7, 11) is 0. The van der Waals surface area contributed by atoms with Gasteiger partial charge in [-0.15, -0.1) is 0 Å². The molecule has 18 heavy (non-hydrogen) atoms. The highest BCUT2D eigenvalue weighted by Crippen LogP contribution is 2.30. The van der Waals surface area contributed by atoms with Crippen molar-refractivity contribution >= 4 is 17.3 Å². The molecule has 0 aliphatic carbocycles. The van der Waals surface area contributed by atoms with Crippen molar-refractivity contribution in [3.63, 3.8) is 0 Å². The Labute approximate surface area is 106 Å². The minimum Gasteiger partial charge on any atom is -0.359 e. The van der Waals surface area contributed by atoms with Crippen LogP contribution in [0.2, 0.25) is 0 Å². The average molecular weight is 244 g/mol. The fourth-order valence-corrected chi connectivity index (χ4v) is 2.06. The van der Waals surface area contributed by atoms with Gasteiger partial charge in [0.15, 0.2) is 0 Å². The average Bonchev–Trinajstić information content (AvgIpc) is 2.25. The van der Waals surface area contributed by atoms with Crippen molar-refractivity contribution in [2.24, 2.45) is 5.73 Å². The summed E-state index contributed by atoms with van der Waals surface area (Å²) in [5.41, 5.74) is 7.73. The summed E-state index contributed by atoms with van der Waals surface area (Å²) < 4.78 is 0. The first-order valence-electron chi connectivity index (χ1n) is 5.77. The summed E-state index contributed by atoms with van der Waals surface area (Å²) in [6, 6.07) is 7.33. The molecule has 1 aliphatic rings. The van der Waals surface area contributed by atoms with Crippen LogP contribution in [0.5, 0.6) is 0 Å². The van der Waals surface area contributed by atoms with Gasteiger partial charge in [0.05, 0.1) is 29.6 Å². The van der Waals surface area contributed by atoms with Crippen molar-refractivity contribution in [1.29, 1.82) is 5.26 Å². The Morgan fingerprint density at radius 3 is 2.89 bits per heavy atom. The highest BCUT2D eigenvalue weighted by atomic mass is 16.2. The molecule has 1 aromatic carbocycles. The molecule has 0 atom stereocenters. The van der Waals surface area contributed by atoms with Gasteiger partial charge in [0.2, 0.25) is 5.91 Å². The SMILES string of the molecule is CC(C)(N)CN1CC(=O)Nc2cc(C#N)ccc21. The van der Waals surface area contributed by atoms with Crippen LogP contribution in [0.25, 0.3) is 0 Å². The van der Waals surface area contributed by atoms with Crippen LogP contribution in [0, 0.1) is 11.3 Å². The normalized spacial score (nSPS) is 14.8. The van der Waals surface area contributed by atoms with Crippen molar-refractivity contribution in [2.45, 2.75) is 19.4 Å². The van der Waals surface area contributed by atoms with Gasteiger partial charge in [0, 0.05) is 12.1 Å². The number of nitriles is 1. The third-order valence-electron chi connectivity index (χ3n) is 2.67. The van der Waals surface area contributed by atoms with E-state index >= 15 is 0 Å². The summed E-state index contributed by atoms with van der Waals surface area (Å²) in [6.45, 7) is 4.71. The minimum atomic E-state index is -0.386. The highest BCUT2D eigenvalue weighted by Gasteiger charge is 2.25. The van der Waals surface area contributed by atoms with E-state index in [9.17, 15) is 4.79 Å². The molecule has 1 aromatic rings. The Balaban J connectivity index is 2.37. The number of benzene rings is 1. The molecule has 0 bridgehead atoms. The molecular formula is C13H16N4O. The van der Waals surface area contributed by atoms with E-state index in [1.54, 1.807) is 12.1 Å². The maximum Gasteiger partial charge on any atom is 0.243 e. The van der Waals surface area contributed by atoms with Crippen molar-refractivity contribution in [2.75, 3.05) is 23.3 Å². The molecule has 0 radical (unpaired) electrons. The van der Waals surface area contributed by atoms with Gasteiger partial charge in [-0.05, 0) is 32.0 Å². The van der Waals surface area contributed by atoms with Crippen LogP contribution in [0.3, 0.4) is 0 Å². The first-order chi connectivity index (χ1) is 8.39. The number of carbonyl (C=O) groups is 1. The second-order valence-corrected chi connectivity index (χ2v) is 5.24. The fourth-order valence-electron chi connectivity index (χ4n) is 2.06. The van der Waals surface area contributed by atoms with Crippen LogP contribution < -0.4 is 16.0 Å². The van der Waals surface area contributed by atoms with E-state index in [2.05, 4.69) is 11.4 Å². The van der Waals surface area contributed by atoms with Crippen molar-refractivity contribution < 1.29 is 4.79 Å². The zero-order valence-corrected chi connectivity index (χ0v) is 10.5. The molecule has 94 valence electrons. The van der Waals surface area contributed by atoms with E-state index in [0.29, 0.717) is 24.3 Å². The smallest absolute Gasteiger partial charge is 0.243 e. The number of nitrogens with one attached hydrogen (secondary N) is 1. The molecule has 5 nitrogen and oxygen atoms in total. The molecule has 1 amide bonds. The number of hydrogen-bond donors (Lipinski definition) is 2. The number of fused-ring (bicyclic) bond motifs is 1. The number of rotatable bonds is 2. The lowest BCUT2D eigenvalue weighted by Crippen LogP contribution is -2.49. The predicted octanol–water partition coefficient (Wildman–Crippen LogP) is 1.05. The molecule has 0 fully saturated rings. The Morgan fingerprint density at radius 2 is 2.28 bits per heavy atom. The predicted molar refractivity (Wildman–Crippen MR) is 70.3 cm³/mol. The van der Waals surface area contributed by atoms with Gasteiger partial charge in [-0.2, -0.15) is 5.26 Å². The van der Waals surface area contributed by atoms with Crippen LogP contribution in [-0.4, -0.2) is 24.5 Å². The highest BCUT2D eigenvalue weighted by molar-refractivity contribution is 6.01. The molecule has 0 aromatic heterocycles. The first kappa shape index (κ1) is 12.4. The van der Waals surface area contributed by atoms with Crippen LogP contribution in [0.4, 0.5) is 11.4 Å². The Hall–Kier alpha value is -2.06. The Kier molecular flexibility index (Phi) is 2.97. The number of carbonyl (C=O) groups excluding carboxylic acids is 1. The summed E-state index contributed by atoms with van der Waals surface area (Å²) >= 11 is 0. The monoisotopic (exact) mass is 244 g/mol. The lowest BCUT2D eigenvalue weighted by atomic mass is 10.0. The molecule has 0 spiro atoms. The van der Waals surface area contributed by atoms with Gasteiger partial charge in [0.25, 0.3) is 0 Å². The van der Waals surface area contributed by atoms with E-state index in [1.807, 2.05) is 24.8 Å². The Morgan fingerprint density at radius 1 is 1.56 bits per heavy atom. The van der Waals surface area contributed by atoms with Gasteiger partial charge in [0.1, 0.15) is 0 Å². The number of amides is 1. The van der Waals surface area contributed by atoms with Crippen LogP contribution >= 0.6 is 0 Å². The topological polar surface area (TPSA) is 82.2 Å².